The minimum Gasteiger partial charge on any atom is -0.377 e. The van der Waals surface area contributed by atoms with Crippen LogP contribution in [-0.4, -0.2) is 65.1 Å². The number of fused-ring (bicyclic) bond motifs is 2. The topological polar surface area (TPSA) is 73.8 Å². The Morgan fingerprint density at radius 3 is 3.00 bits per heavy atom. The summed E-state index contributed by atoms with van der Waals surface area (Å²) in [5.41, 5.74) is 3.25. The Labute approximate surface area is 184 Å². The maximum absolute atomic E-state index is 13.0. The Hall–Kier alpha value is -2.55. The molecule has 1 N–H and O–H groups in total. The van der Waals surface area contributed by atoms with Crippen LogP contribution >= 0.6 is 23.2 Å². The van der Waals surface area contributed by atoms with Gasteiger partial charge in [0.05, 0.1) is 36.7 Å². The van der Waals surface area contributed by atoms with E-state index in [0.717, 1.165) is 30.9 Å². The molecule has 1 atom stereocenters. The van der Waals surface area contributed by atoms with Gasteiger partial charge >= 0.3 is 0 Å². The van der Waals surface area contributed by atoms with Gasteiger partial charge in [0.2, 0.25) is 5.28 Å². The molecule has 1 aromatic carbocycles. The lowest BCUT2D eigenvalue weighted by atomic mass is 10.0. The van der Waals surface area contributed by atoms with E-state index in [1.165, 1.54) is 6.20 Å². The predicted molar refractivity (Wildman–Crippen MR) is 115 cm³/mol. The zero-order valence-electron chi connectivity index (χ0n) is 16.3. The Morgan fingerprint density at radius 2 is 2.13 bits per heavy atom. The average molecular weight is 447 g/mol. The number of carbonyl (C=O) groups is 1. The van der Waals surface area contributed by atoms with Gasteiger partial charge < -0.3 is 24.8 Å². The summed E-state index contributed by atoms with van der Waals surface area (Å²) in [4.78, 5) is 27.2. The number of aromatic nitrogens is 2. The van der Waals surface area contributed by atoms with Gasteiger partial charge in [-0.1, -0.05) is 11.6 Å². The Balaban J connectivity index is 1.52. The van der Waals surface area contributed by atoms with E-state index in [1.54, 1.807) is 11.9 Å². The molecule has 0 saturated carbocycles. The van der Waals surface area contributed by atoms with Crippen molar-refractivity contribution in [3.63, 3.8) is 0 Å². The smallest absolute Gasteiger partial charge is 0.256 e. The van der Waals surface area contributed by atoms with Gasteiger partial charge in [-0.2, -0.15) is 4.98 Å². The summed E-state index contributed by atoms with van der Waals surface area (Å²) in [6.07, 6.45) is 5.62. The van der Waals surface area contributed by atoms with Crippen LogP contribution in [0.1, 0.15) is 15.9 Å². The standard InChI is InChI=1S/C20H20Cl2N6O2/c1-26-10-13-16(28-5-4-27-6-7-30-11-12(27)9-28)3-2-15(17(13)19(26)29)24-18-14(21)8-23-20(22)25-18/h2-5,8,12H,6-7,9-11H2,1H3,(H,23,24,25). The van der Waals surface area contributed by atoms with E-state index in [4.69, 9.17) is 27.9 Å². The Bertz CT molecular complexity index is 1050. The zero-order chi connectivity index (χ0) is 20.8. The molecule has 0 spiro atoms. The van der Waals surface area contributed by atoms with Crippen molar-refractivity contribution in [2.24, 2.45) is 0 Å². The summed E-state index contributed by atoms with van der Waals surface area (Å²) in [5.74, 6) is 0.316. The van der Waals surface area contributed by atoms with Crippen LogP contribution in [0.5, 0.6) is 0 Å². The molecule has 1 saturated heterocycles. The van der Waals surface area contributed by atoms with E-state index in [0.29, 0.717) is 41.3 Å². The summed E-state index contributed by atoms with van der Waals surface area (Å²) < 4.78 is 5.65. The van der Waals surface area contributed by atoms with Crippen LogP contribution in [-0.2, 0) is 11.3 Å². The van der Waals surface area contributed by atoms with E-state index in [9.17, 15) is 4.79 Å². The number of carbonyl (C=O) groups excluding carboxylic acids is 1. The van der Waals surface area contributed by atoms with Gasteiger partial charge in [-0.05, 0) is 23.7 Å². The van der Waals surface area contributed by atoms with Crippen molar-refractivity contribution in [1.29, 1.82) is 0 Å². The number of nitrogens with one attached hydrogen (secondary N) is 1. The molecule has 3 aliphatic heterocycles. The minimum atomic E-state index is -0.0470. The normalized spacial score (nSPS) is 20.4. The van der Waals surface area contributed by atoms with E-state index in [2.05, 4.69) is 37.5 Å². The molecule has 2 aromatic rings. The molecule has 1 unspecified atom stereocenters. The Morgan fingerprint density at radius 1 is 1.27 bits per heavy atom. The number of amides is 1. The first-order chi connectivity index (χ1) is 14.5. The van der Waals surface area contributed by atoms with Crippen LogP contribution in [0, 0.1) is 0 Å². The summed E-state index contributed by atoms with van der Waals surface area (Å²) >= 11 is 12.1. The molecule has 5 rings (SSSR count). The molecule has 0 bridgehead atoms. The molecular weight excluding hydrogens is 427 g/mol. The van der Waals surface area contributed by atoms with Crippen LogP contribution in [0.4, 0.5) is 17.2 Å². The SMILES string of the molecule is CN1Cc2c(N3C=CN4CCOCC4C3)ccc(Nc3nc(Cl)ncc3Cl)c2C1=O. The van der Waals surface area contributed by atoms with Crippen LogP contribution in [0.15, 0.2) is 30.7 Å². The average Bonchev–Trinajstić information content (AvgIpc) is 3.05. The lowest BCUT2D eigenvalue weighted by Gasteiger charge is -2.41. The summed E-state index contributed by atoms with van der Waals surface area (Å²) in [6.45, 7) is 3.70. The lowest BCUT2D eigenvalue weighted by molar-refractivity contribution is 0.0166. The number of morpholine rings is 1. The van der Waals surface area contributed by atoms with Crippen LogP contribution in [0.25, 0.3) is 0 Å². The Kier molecular flexibility index (Phi) is 4.92. The first-order valence-corrected chi connectivity index (χ1v) is 10.4. The number of halogens is 2. The molecular formula is C20H20Cl2N6O2. The third-order valence-corrected chi connectivity index (χ3v) is 6.10. The first-order valence-electron chi connectivity index (χ1n) is 9.66. The number of hydrogen-bond acceptors (Lipinski definition) is 7. The third kappa shape index (κ3) is 3.34. The monoisotopic (exact) mass is 446 g/mol. The highest BCUT2D eigenvalue weighted by molar-refractivity contribution is 6.33. The van der Waals surface area contributed by atoms with Crippen molar-refractivity contribution < 1.29 is 9.53 Å². The fraction of sp³-hybridized carbons (Fsp3) is 0.350. The van der Waals surface area contributed by atoms with Gasteiger partial charge in [-0.15, -0.1) is 0 Å². The lowest BCUT2D eigenvalue weighted by Crippen LogP contribution is -2.50. The molecule has 8 nitrogen and oxygen atoms in total. The van der Waals surface area contributed by atoms with Crippen molar-refractivity contribution in [1.82, 2.24) is 19.8 Å². The fourth-order valence-corrected chi connectivity index (χ4v) is 4.40. The van der Waals surface area contributed by atoms with Crippen molar-refractivity contribution in [3.8, 4) is 0 Å². The number of anilines is 3. The molecule has 0 radical (unpaired) electrons. The van der Waals surface area contributed by atoms with Gasteiger partial charge in [0.15, 0.2) is 5.82 Å². The van der Waals surface area contributed by atoms with Crippen molar-refractivity contribution in [3.05, 3.63) is 52.2 Å². The second-order valence-corrected chi connectivity index (χ2v) is 8.27. The van der Waals surface area contributed by atoms with E-state index < -0.39 is 0 Å². The first kappa shape index (κ1) is 19.4. The van der Waals surface area contributed by atoms with Gasteiger partial charge in [0, 0.05) is 50.3 Å². The zero-order valence-corrected chi connectivity index (χ0v) is 17.8. The molecule has 30 heavy (non-hydrogen) atoms. The number of benzene rings is 1. The number of ether oxygens (including phenoxy) is 1. The van der Waals surface area contributed by atoms with Crippen LogP contribution in [0.3, 0.4) is 0 Å². The van der Waals surface area contributed by atoms with Crippen LogP contribution in [0.2, 0.25) is 10.3 Å². The molecule has 0 aliphatic carbocycles. The quantitative estimate of drug-likeness (QED) is 0.725. The van der Waals surface area contributed by atoms with E-state index in [-0.39, 0.29) is 11.2 Å². The number of rotatable bonds is 3. The van der Waals surface area contributed by atoms with Gasteiger partial charge in [0.1, 0.15) is 5.02 Å². The van der Waals surface area contributed by atoms with E-state index >= 15 is 0 Å². The fourth-order valence-electron chi connectivity index (χ4n) is 4.13. The molecule has 10 heteroatoms. The second-order valence-electron chi connectivity index (χ2n) is 7.52. The van der Waals surface area contributed by atoms with Crippen molar-refractivity contribution in [2.45, 2.75) is 12.6 Å². The summed E-state index contributed by atoms with van der Waals surface area (Å²) in [5, 5.41) is 3.57. The number of hydrogen-bond donors (Lipinski definition) is 1. The largest absolute Gasteiger partial charge is 0.377 e. The molecule has 1 fully saturated rings. The second kappa shape index (κ2) is 7.61. The minimum absolute atomic E-state index is 0.0470. The van der Waals surface area contributed by atoms with Gasteiger partial charge in [-0.3, -0.25) is 4.79 Å². The molecule has 4 heterocycles. The molecule has 1 amide bonds. The molecule has 3 aliphatic rings. The van der Waals surface area contributed by atoms with Crippen LogP contribution < -0.4 is 10.2 Å². The highest BCUT2D eigenvalue weighted by Crippen LogP contribution is 2.38. The maximum atomic E-state index is 13.0. The third-order valence-electron chi connectivity index (χ3n) is 5.64. The number of nitrogens with zero attached hydrogens (tertiary/aromatic N) is 5. The highest BCUT2D eigenvalue weighted by Gasteiger charge is 2.33. The predicted octanol–water partition coefficient (Wildman–Crippen LogP) is 3.10. The van der Waals surface area contributed by atoms with Crippen molar-refractivity contribution >= 4 is 46.3 Å². The van der Waals surface area contributed by atoms with E-state index in [1.807, 2.05) is 12.1 Å². The molecule has 156 valence electrons. The maximum Gasteiger partial charge on any atom is 0.256 e. The van der Waals surface area contributed by atoms with Gasteiger partial charge in [0.25, 0.3) is 5.91 Å². The van der Waals surface area contributed by atoms with Crippen molar-refractivity contribution in [2.75, 3.05) is 43.6 Å². The highest BCUT2D eigenvalue weighted by atomic mass is 35.5. The molecule has 1 aromatic heterocycles. The summed E-state index contributed by atoms with van der Waals surface area (Å²) in [7, 11) is 1.80. The van der Waals surface area contributed by atoms with Gasteiger partial charge in [-0.25, -0.2) is 4.98 Å². The summed E-state index contributed by atoms with van der Waals surface area (Å²) in [6, 6.07) is 4.21.